The lowest BCUT2D eigenvalue weighted by atomic mass is 10.0. The van der Waals surface area contributed by atoms with Crippen LogP contribution in [0.3, 0.4) is 0 Å². The van der Waals surface area contributed by atoms with Crippen LogP contribution >= 0.6 is 34.8 Å². The summed E-state index contributed by atoms with van der Waals surface area (Å²) in [6, 6.07) is 10.2. The number of nitrogens with one attached hydrogen (secondary N) is 1. The van der Waals surface area contributed by atoms with Crippen LogP contribution in [0.4, 0.5) is 18.9 Å². The second-order valence-corrected chi connectivity index (χ2v) is 16.0. The molecule has 3 heterocycles. The number of aryl methyl sites for hydroxylation is 2. The molecule has 5 rings (SSSR count). The molecule has 0 radical (unpaired) electrons. The molecule has 4 N–H and O–H groups in total. The molecule has 0 fully saturated rings. The van der Waals surface area contributed by atoms with Crippen LogP contribution in [0, 0.1) is 6.92 Å². The number of carbonyl (C=O) groups excluding carboxylic acids is 2. The van der Waals surface area contributed by atoms with Crippen LogP contribution in [-0.2, 0) is 32.6 Å². The zero-order valence-electron chi connectivity index (χ0n) is 32.1. The number of benzene rings is 2. The number of carboxylic acids is 1. The minimum atomic E-state index is -4.76. The van der Waals surface area contributed by atoms with Gasteiger partial charge in [-0.15, -0.1) is 0 Å². The maximum Gasteiger partial charge on any atom is 0.416 e. The molecule has 0 saturated heterocycles. The summed E-state index contributed by atoms with van der Waals surface area (Å²) in [7, 11) is -2.77. The van der Waals surface area contributed by atoms with E-state index in [9.17, 15) is 40.8 Å². The number of alkyl halides is 3. The summed E-state index contributed by atoms with van der Waals surface area (Å²) in [4.78, 5) is 53.8. The van der Waals surface area contributed by atoms with Gasteiger partial charge in [0.2, 0.25) is 5.78 Å². The van der Waals surface area contributed by atoms with E-state index in [-0.39, 0.29) is 51.5 Å². The number of carboxylic acid groups (broad SMARTS) is 1. The molecule has 0 saturated carbocycles. The zero-order valence-corrected chi connectivity index (χ0v) is 35.2. The summed E-state index contributed by atoms with van der Waals surface area (Å²) < 4.78 is 74.0. The van der Waals surface area contributed by atoms with E-state index in [0.29, 0.717) is 34.7 Å². The predicted octanol–water partition coefficient (Wildman–Crippen LogP) is 8.12. The van der Waals surface area contributed by atoms with Crippen molar-refractivity contribution in [2.75, 3.05) is 18.6 Å². The number of hydrogen-bond acceptors (Lipinski definition) is 11. The SMILES string of the molecule is CCCCCC(C)OC(=O)COc1ccc(Cl)c2cccnc12.Cc1[nH]n(C)c(=O)c1C(=O)c1ccc(C(F)(F)F)cc1S(C)(=O)=O.Nc1cc(Cl)nc(C(=O)O)c1Cl. The van der Waals surface area contributed by atoms with Crippen molar-refractivity contribution in [1.29, 1.82) is 0 Å². The number of hydrogen-bond donors (Lipinski definition) is 3. The Balaban J connectivity index is 0.000000250. The van der Waals surface area contributed by atoms with E-state index in [0.717, 1.165) is 41.8 Å². The minimum absolute atomic E-state index is 0.00861. The summed E-state index contributed by atoms with van der Waals surface area (Å²) in [6.07, 6.45) is 1.77. The molecule has 21 heteroatoms. The van der Waals surface area contributed by atoms with Crippen molar-refractivity contribution in [1.82, 2.24) is 19.7 Å². The van der Waals surface area contributed by atoms with Crippen molar-refractivity contribution in [3.05, 3.63) is 108 Å². The normalized spacial score (nSPS) is 11.8. The van der Waals surface area contributed by atoms with Gasteiger partial charge in [0, 0.05) is 36.1 Å². The number of ether oxygens (including phenoxy) is 2. The van der Waals surface area contributed by atoms with Gasteiger partial charge in [0.05, 0.1) is 32.3 Å². The van der Waals surface area contributed by atoms with Crippen molar-refractivity contribution in [2.45, 2.75) is 63.6 Å². The average Bonchev–Trinajstić information content (AvgIpc) is 3.41. The van der Waals surface area contributed by atoms with E-state index >= 15 is 0 Å². The molecule has 2 aromatic carbocycles. The number of sulfone groups is 1. The average molecular weight is 905 g/mol. The van der Waals surface area contributed by atoms with E-state index in [4.69, 9.17) is 55.1 Å². The number of fused-ring (bicyclic) bond motifs is 1. The molecule has 0 amide bonds. The topological polar surface area (TPSA) is 214 Å². The lowest BCUT2D eigenvalue weighted by molar-refractivity contribution is -0.151. The van der Waals surface area contributed by atoms with Crippen LogP contribution in [0.25, 0.3) is 10.9 Å². The third-order valence-electron chi connectivity index (χ3n) is 8.14. The molecule has 14 nitrogen and oxygen atoms in total. The molecule has 0 aliphatic rings. The van der Waals surface area contributed by atoms with Gasteiger partial charge >= 0.3 is 18.1 Å². The Hall–Kier alpha value is -5.17. The number of carbonyl (C=O) groups is 3. The van der Waals surface area contributed by atoms with E-state index in [1.54, 1.807) is 18.3 Å². The number of aromatic nitrogens is 4. The highest BCUT2D eigenvalue weighted by Gasteiger charge is 2.34. The molecular formula is C38H39Cl3F3N5O9S. The number of rotatable bonds is 12. The van der Waals surface area contributed by atoms with Gasteiger partial charge in [-0.25, -0.2) is 23.0 Å². The van der Waals surface area contributed by atoms with E-state index < -0.39 is 49.3 Å². The minimum Gasteiger partial charge on any atom is -0.480 e. The van der Waals surface area contributed by atoms with Gasteiger partial charge in [0.25, 0.3) is 5.56 Å². The van der Waals surface area contributed by atoms with Crippen LogP contribution in [0.5, 0.6) is 5.75 Å². The highest BCUT2D eigenvalue weighted by Crippen LogP contribution is 2.33. The zero-order chi connectivity index (χ0) is 44.4. The fourth-order valence-electron chi connectivity index (χ4n) is 5.30. The lowest BCUT2D eigenvalue weighted by Gasteiger charge is -2.14. The molecule has 59 heavy (non-hydrogen) atoms. The largest absolute Gasteiger partial charge is 0.480 e. The Morgan fingerprint density at radius 3 is 2.32 bits per heavy atom. The summed E-state index contributed by atoms with van der Waals surface area (Å²) in [5.74, 6) is -2.05. The number of pyridine rings is 2. The van der Waals surface area contributed by atoms with Crippen LogP contribution in [0.15, 0.2) is 64.4 Å². The monoisotopic (exact) mass is 903 g/mol. The highest BCUT2D eigenvalue weighted by molar-refractivity contribution is 7.90. The number of aromatic amines is 1. The summed E-state index contributed by atoms with van der Waals surface area (Å²) >= 11 is 17.1. The van der Waals surface area contributed by atoms with Crippen molar-refractivity contribution < 1.29 is 50.6 Å². The first-order valence-electron chi connectivity index (χ1n) is 17.4. The summed E-state index contributed by atoms with van der Waals surface area (Å²) in [5, 5.41) is 12.4. The number of esters is 1. The number of anilines is 1. The van der Waals surface area contributed by atoms with Gasteiger partial charge in [0.15, 0.2) is 22.1 Å². The van der Waals surface area contributed by atoms with Crippen LogP contribution in [0.1, 0.15) is 77.2 Å². The van der Waals surface area contributed by atoms with E-state index in [1.165, 1.54) is 20.0 Å². The van der Waals surface area contributed by atoms with Gasteiger partial charge in [-0.05, 0) is 75.2 Å². The Morgan fingerprint density at radius 2 is 1.75 bits per heavy atom. The van der Waals surface area contributed by atoms with Crippen LogP contribution in [-0.4, -0.2) is 70.0 Å². The Labute approximate surface area is 351 Å². The molecule has 0 aliphatic carbocycles. The number of aromatic carboxylic acids is 1. The summed E-state index contributed by atoms with van der Waals surface area (Å²) in [5.41, 5.74) is 3.25. The Morgan fingerprint density at radius 1 is 1.07 bits per heavy atom. The Bertz CT molecular complexity index is 2510. The molecule has 1 unspecified atom stereocenters. The first-order valence-corrected chi connectivity index (χ1v) is 20.4. The fraction of sp³-hybridized carbons (Fsp3) is 0.316. The van der Waals surface area contributed by atoms with Crippen molar-refractivity contribution in [2.24, 2.45) is 7.05 Å². The first-order chi connectivity index (χ1) is 27.5. The van der Waals surface area contributed by atoms with Gasteiger partial charge in [0.1, 0.15) is 22.0 Å². The number of H-pyrrole nitrogens is 1. The van der Waals surface area contributed by atoms with Gasteiger partial charge in [-0.3, -0.25) is 24.4 Å². The third kappa shape index (κ3) is 13.2. The third-order valence-corrected chi connectivity index (χ3v) is 10.2. The molecule has 0 spiro atoms. The van der Waals surface area contributed by atoms with Gasteiger partial charge in [-0.1, -0.05) is 54.6 Å². The van der Waals surface area contributed by atoms with Crippen LogP contribution < -0.4 is 16.0 Å². The van der Waals surface area contributed by atoms with Gasteiger partial charge < -0.3 is 20.3 Å². The molecular weight excluding hydrogens is 866 g/mol. The van der Waals surface area contributed by atoms with E-state index in [2.05, 4.69) is 22.0 Å². The molecule has 0 aliphatic heterocycles. The Kier molecular flexibility index (Phi) is 16.9. The highest BCUT2D eigenvalue weighted by atomic mass is 35.5. The lowest BCUT2D eigenvalue weighted by Crippen LogP contribution is -2.21. The second-order valence-electron chi connectivity index (χ2n) is 12.8. The maximum atomic E-state index is 12.8. The maximum absolute atomic E-state index is 12.8. The van der Waals surface area contributed by atoms with Crippen molar-refractivity contribution >= 4 is 79.0 Å². The van der Waals surface area contributed by atoms with Crippen molar-refractivity contribution in [3.8, 4) is 5.75 Å². The number of nitrogens with two attached hydrogens (primary N) is 1. The number of nitrogen functional groups attached to an aromatic ring is 1. The van der Waals surface area contributed by atoms with Gasteiger partial charge in [-0.2, -0.15) is 13.2 Å². The molecule has 1 atom stereocenters. The van der Waals surface area contributed by atoms with Crippen LogP contribution in [0.2, 0.25) is 15.2 Å². The number of ketones is 1. The van der Waals surface area contributed by atoms with Crippen molar-refractivity contribution in [3.63, 3.8) is 0 Å². The number of unbranched alkanes of at least 4 members (excludes halogenated alkanes) is 2. The number of nitrogens with zero attached hydrogens (tertiary/aromatic N) is 3. The quantitative estimate of drug-likeness (QED) is 0.0469. The molecule has 318 valence electrons. The first kappa shape index (κ1) is 48.2. The number of halogens is 6. The smallest absolute Gasteiger partial charge is 0.416 e. The second kappa shape index (κ2) is 20.7. The molecule has 5 aromatic rings. The molecule has 0 bridgehead atoms. The molecule has 3 aromatic heterocycles. The predicted molar refractivity (Wildman–Crippen MR) is 216 cm³/mol. The summed E-state index contributed by atoms with van der Waals surface area (Å²) in [6.45, 7) is 5.35. The standard InChI is InChI=1S/C18H22ClNO3.C14H13F3N2O4S.C6H4Cl2N2O2/c1-3-4-5-7-13(2)23-17(21)12-22-16-10-9-15(19)14-8-6-11-20-18(14)16;1-7-11(13(21)19(2)18-7)12(20)9-5-4-8(14(15,16)17)6-10(9)24(3,22)23;7-3-1-2(9)4(8)5(10-3)6(11)12/h6,8-11,13H,3-5,7,12H2,1-2H3;4-6,18H,1-3H3;1H,(H2,9,10)(H,11,12). The fourth-order valence-corrected chi connectivity index (χ4v) is 6.80. The van der Waals surface area contributed by atoms with E-state index in [1.807, 2.05) is 19.1 Å².